The Morgan fingerprint density at radius 1 is 1.13 bits per heavy atom. The third-order valence-electron chi connectivity index (χ3n) is 6.37. The number of cyclic esters (lactones) is 1. The lowest BCUT2D eigenvalue weighted by molar-refractivity contribution is -0.172. The summed E-state index contributed by atoms with van der Waals surface area (Å²) in [6.07, 6.45) is 0.0326. The van der Waals surface area contributed by atoms with Crippen LogP contribution in [0.25, 0.3) is 22.3 Å². The van der Waals surface area contributed by atoms with Crippen molar-refractivity contribution in [1.29, 1.82) is 0 Å². The maximum Gasteiger partial charge on any atom is 0.343 e. The first-order chi connectivity index (χ1) is 14.4. The molecule has 2 aliphatic heterocycles. The summed E-state index contributed by atoms with van der Waals surface area (Å²) in [6.45, 7) is 0.293. The summed E-state index contributed by atoms with van der Waals surface area (Å²) >= 11 is 0. The second-order valence-electron chi connectivity index (χ2n) is 7.78. The summed E-state index contributed by atoms with van der Waals surface area (Å²) in [4.78, 5) is 30.5. The summed E-state index contributed by atoms with van der Waals surface area (Å²) in [7, 11) is 0. The molecule has 0 fully saturated rings. The highest BCUT2D eigenvalue weighted by Gasteiger charge is 2.50. The normalized spacial score (nSPS) is 21.1. The van der Waals surface area contributed by atoms with E-state index in [9.17, 15) is 24.9 Å². The van der Waals surface area contributed by atoms with Crippen LogP contribution in [-0.2, 0) is 27.3 Å². The van der Waals surface area contributed by atoms with Crippen LogP contribution >= 0.6 is 0 Å². The van der Waals surface area contributed by atoms with Gasteiger partial charge in [0.1, 0.15) is 12.1 Å². The van der Waals surface area contributed by atoms with Gasteiger partial charge in [-0.1, -0.05) is 25.1 Å². The zero-order chi connectivity index (χ0) is 21.3. The molecule has 8 heteroatoms. The fraction of sp³-hybridized carbons (Fsp3) is 0.318. The number of fused-ring (bicyclic) bond motifs is 5. The SMILES string of the molecule is CC[C@@]1(O)C(=O)OCc2c1cc1n(c2=O)C(CO)(CO)c2cc3ccccc3nc2-1. The van der Waals surface area contributed by atoms with E-state index in [0.717, 1.165) is 5.39 Å². The molecular weight excluding hydrogens is 388 g/mol. The largest absolute Gasteiger partial charge is 0.458 e. The van der Waals surface area contributed by atoms with Crippen molar-refractivity contribution in [2.75, 3.05) is 13.2 Å². The fourth-order valence-electron chi connectivity index (χ4n) is 4.61. The van der Waals surface area contributed by atoms with Crippen LogP contribution < -0.4 is 5.56 Å². The van der Waals surface area contributed by atoms with Crippen LogP contribution in [0.15, 0.2) is 41.2 Å². The first kappa shape index (κ1) is 18.9. The molecule has 0 unspecified atom stereocenters. The van der Waals surface area contributed by atoms with Gasteiger partial charge in [-0.25, -0.2) is 9.78 Å². The Bertz CT molecular complexity index is 1280. The number of pyridine rings is 2. The maximum absolute atomic E-state index is 13.5. The number of ether oxygens (including phenoxy) is 1. The molecule has 4 heterocycles. The van der Waals surface area contributed by atoms with Crippen molar-refractivity contribution < 1.29 is 24.9 Å². The molecule has 3 aromatic rings. The van der Waals surface area contributed by atoms with Crippen LogP contribution in [0.4, 0.5) is 0 Å². The molecule has 2 aliphatic rings. The van der Waals surface area contributed by atoms with E-state index in [-0.39, 0.29) is 24.2 Å². The summed E-state index contributed by atoms with van der Waals surface area (Å²) < 4.78 is 6.40. The van der Waals surface area contributed by atoms with E-state index in [2.05, 4.69) is 0 Å². The van der Waals surface area contributed by atoms with Crippen molar-refractivity contribution in [2.24, 2.45) is 0 Å². The van der Waals surface area contributed by atoms with Gasteiger partial charge in [-0.15, -0.1) is 0 Å². The molecule has 3 N–H and O–H groups in total. The molecule has 0 aliphatic carbocycles. The smallest absolute Gasteiger partial charge is 0.343 e. The molecule has 8 nitrogen and oxygen atoms in total. The Kier molecular flexibility index (Phi) is 3.92. The Morgan fingerprint density at radius 2 is 1.87 bits per heavy atom. The second kappa shape index (κ2) is 6.21. The van der Waals surface area contributed by atoms with Crippen LogP contribution in [-0.4, -0.2) is 44.1 Å². The van der Waals surface area contributed by atoms with E-state index >= 15 is 0 Å². The molecule has 0 saturated carbocycles. The van der Waals surface area contributed by atoms with Gasteiger partial charge in [-0.2, -0.15) is 0 Å². The van der Waals surface area contributed by atoms with E-state index in [1.54, 1.807) is 13.0 Å². The summed E-state index contributed by atoms with van der Waals surface area (Å²) in [6, 6.07) is 10.8. The molecule has 2 aromatic heterocycles. The number of rotatable bonds is 3. The zero-order valence-corrected chi connectivity index (χ0v) is 16.3. The topological polar surface area (TPSA) is 122 Å². The molecule has 1 atom stereocenters. The molecule has 0 radical (unpaired) electrons. The van der Waals surface area contributed by atoms with E-state index < -0.39 is 35.9 Å². The zero-order valence-electron chi connectivity index (χ0n) is 16.3. The molecule has 154 valence electrons. The second-order valence-corrected chi connectivity index (χ2v) is 7.78. The predicted octanol–water partition coefficient (Wildman–Crippen LogP) is 0.760. The van der Waals surface area contributed by atoms with E-state index in [1.807, 2.05) is 30.3 Å². The number of aliphatic hydroxyl groups excluding tert-OH is 2. The van der Waals surface area contributed by atoms with Gasteiger partial charge in [0.15, 0.2) is 5.60 Å². The number of hydrogen-bond acceptors (Lipinski definition) is 7. The number of nitrogens with zero attached hydrogens (tertiary/aromatic N) is 2. The summed E-state index contributed by atoms with van der Waals surface area (Å²) in [5, 5.41) is 32.4. The third kappa shape index (κ3) is 2.13. The first-order valence-electron chi connectivity index (χ1n) is 9.73. The van der Waals surface area contributed by atoms with Crippen LogP contribution in [0.5, 0.6) is 0 Å². The highest BCUT2D eigenvalue weighted by molar-refractivity contribution is 5.87. The highest BCUT2D eigenvalue weighted by Crippen LogP contribution is 2.45. The number of benzene rings is 1. The number of aliphatic hydroxyl groups is 3. The molecule has 1 aromatic carbocycles. The average Bonchev–Trinajstić information content (AvgIpc) is 3.04. The minimum Gasteiger partial charge on any atom is -0.458 e. The summed E-state index contributed by atoms with van der Waals surface area (Å²) in [5.74, 6) is -0.804. The molecule has 30 heavy (non-hydrogen) atoms. The predicted molar refractivity (Wildman–Crippen MR) is 107 cm³/mol. The summed E-state index contributed by atoms with van der Waals surface area (Å²) in [5.41, 5.74) is -1.62. The lowest BCUT2D eigenvalue weighted by Crippen LogP contribution is -2.49. The Labute approximate surface area is 171 Å². The Morgan fingerprint density at radius 3 is 2.57 bits per heavy atom. The fourth-order valence-corrected chi connectivity index (χ4v) is 4.61. The number of carbonyl (C=O) groups is 1. The highest BCUT2D eigenvalue weighted by atomic mass is 16.6. The number of para-hydroxylation sites is 1. The molecule has 0 spiro atoms. The minimum absolute atomic E-state index is 0.0326. The van der Waals surface area contributed by atoms with Crippen LogP contribution in [0.2, 0.25) is 0 Å². The van der Waals surface area contributed by atoms with E-state index in [0.29, 0.717) is 22.5 Å². The standard InChI is InChI=1S/C22H20N2O6/c1-2-22(29)14-8-17-18-15(7-12-5-3-4-6-16(12)23-18)21(10-25,11-26)24(17)19(27)13(14)9-30-20(22)28/h3-8,25-26,29H,2,9-11H2,1H3/t22-/m0/s1. The van der Waals surface area contributed by atoms with Crippen LogP contribution in [0.1, 0.15) is 30.0 Å². The van der Waals surface area contributed by atoms with Gasteiger partial charge in [0.05, 0.1) is 35.7 Å². The van der Waals surface area contributed by atoms with Crippen LogP contribution in [0.3, 0.4) is 0 Å². The van der Waals surface area contributed by atoms with Crippen molar-refractivity contribution in [3.05, 3.63) is 63.4 Å². The average molecular weight is 408 g/mol. The monoisotopic (exact) mass is 408 g/mol. The quantitative estimate of drug-likeness (QED) is 0.547. The molecule has 5 rings (SSSR count). The number of aromatic nitrogens is 2. The van der Waals surface area contributed by atoms with Crippen molar-refractivity contribution in [2.45, 2.75) is 31.1 Å². The molecular formula is C22H20N2O6. The van der Waals surface area contributed by atoms with Gasteiger partial charge in [0.2, 0.25) is 0 Å². The third-order valence-corrected chi connectivity index (χ3v) is 6.37. The minimum atomic E-state index is -1.94. The number of hydrogen-bond donors (Lipinski definition) is 3. The van der Waals surface area contributed by atoms with Crippen molar-refractivity contribution >= 4 is 16.9 Å². The Balaban J connectivity index is 1.92. The lowest BCUT2D eigenvalue weighted by atomic mass is 9.86. The molecule has 0 saturated heterocycles. The number of esters is 1. The van der Waals surface area contributed by atoms with Crippen molar-refractivity contribution in [3.63, 3.8) is 0 Å². The first-order valence-corrected chi connectivity index (χ1v) is 9.73. The van der Waals surface area contributed by atoms with Crippen LogP contribution in [0, 0.1) is 0 Å². The lowest BCUT2D eigenvalue weighted by Gasteiger charge is -2.34. The van der Waals surface area contributed by atoms with E-state index in [4.69, 9.17) is 9.72 Å². The maximum atomic E-state index is 13.5. The number of carbonyl (C=O) groups excluding carboxylic acids is 1. The van der Waals surface area contributed by atoms with Gasteiger partial charge < -0.3 is 20.1 Å². The van der Waals surface area contributed by atoms with E-state index in [1.165, 1.54) is 4.57 Å². The van der Waals surface area contributed by atoms with Crippen molar-refractivity contribution in [1.82, 2.24) is 9.55 Å². The molecule has 0 amide bonds. The molecule has 0 bridgehead atoms. The van der Waals surface area contributed by atoms with Gasteiger partial charge in [0, 0.05) is 16.5 Å². The van der Waals surface area contributed by atoms with Gasteiger partial charge in [-0.05, 0) is 24.6 Å². The van der Waals surface area contributed by atoms with Crippen molar-refractivity contribution in [3.8, 4) is 11.4 Å². The Hall–Kier alpha value is -3.07. The van der Waals surface area contributed by atoms with Gasteiger partial charge in [-0.3, -0.25) is 9.36 Å². The van der Waals surface area contributed by atoms with Gasteiger partial charge >= 0.3 is 5.97 Å². The van der Waals surface area contributed by atoms with Gasteiger partial charge in [0.25, 0.3) is 5.56 Å².